The monoisotopic (exact) mass is 200 g/mol. The zero-order chi connectivity index (χ0) is 10.1. The molecule has 0 aliphatic carbocycles. The first kappa shape index (κ1) is 9.89. The van der Waals surface area contributed by atoms with Gasteiger partial charge >= 0.3 is 0 Å². The Labute approximate surface area is 83.0 Å². The molecule has 0 aromatic heterocycles. The minimum absolute atomic E-state index is 0.109. The van der Waals surface area contributed by atoms with Gasteiger partial charge in [-0.2, -0.15) is 0 Å². The van der Waals surface area contributed by atoms with Crippen LogP contribution in [-0.4, -0.2) is 61.4 Å². The molecule has 5 nitrogen and oxygen atoms in total. The predicted octanol–water partition coefficient (Wildman–Crippen LogP) is -1.58. The average Bonchev–Trinajstić information content (AvgIpc) is 2.43. The van der Waals surface area contributed by atoms with Gasteiger partial charge in [-0.05, 0) is 0 Å². The average molecular weight is 200 g/mol. The molecule has 2 fully saturated rings. The summed E-state index contributed by atoms with van der Waals surface area (Å²) in [5.74, 6) is 0.250. The van der Waals surface area contributed by atoms with Gasteiger partial charge in [-0.1, -0.05) is 0 Å². The quantitative estimate of drug-likeness (QED) is 0.565. The van der Waals surface area contributed by atoms with Crippen LogP contribution in [0, 0.1) is 5.92 Å². The Morgan fingerprint density at radius 2 is 2.21 bits per heavy atom. The Morgan fingerprint density at radius 1 is 1.50 bits per heavy atom. The number of ether oxygens (including phenoxy) is 1. The van der Waals surface area contributed by atoms with E-state index in [2.05, 4.69) is 5.32 Å². The maximum Gasteiger partial charge on any atom is 0.228 e. The SMILES string of the molecule is CO[C@@H]1CN(C(=O)C2CNC2)C[C@H]1O. The van der Waals surface area contributed by atoms with Crippen LogP contribution in [0.3, 0.4) is 0 Å². The topological polar surface area (TPSA) is 61.8 Å². The van der Waals surface area contributed by atoms with Gasteiger partial charge < -0.3 is 20.1 Å². The Bertz CT molecular complexity index is 230. The lowest BCUT2D eigenvalue weighted by Gasteiger charge is -2.30. The van der Waals surface area contributed by atoms with Crippen molar-refractivity contribution in [1.29, 1.82) is 0 Å². The molecule has 0 bridgehead atoms. The summed E-state index contributed by atoms with van der Waals surface area (Å²) in [5.41, 5.74) is 0. The molecule has 14 heavy (non-hydrogen) atoms. The zero-order valence-electron chi connectivity index (χ0n) is 8.27. The molecule has 0 aromatic rings. The number of carbonyl (C=O) groups is 1. The summed E-state index contributed by atoms with van der Waals surface area (Å²) in [6.07, 6.45) is -0.746. The van der Waals surface area contributed by atoms with Crippen LogP contribution < -0.4 is 5.32 Å². The first-order chi connectivity index (χ1) is 6.72. The van der Waals surface area contributed by atoms with E-state index in [9.17, 15) is 9.90 Å². The molecule has 0 unspecified atom stereocenters. The van der Waals surface area contributed by atoms with Crippen LogP contribution >= 0.6 is 0 Å². The van der Waals surface area contributed by atoms with Gasteiger partial charge in [0.2, 0.25) is 5.91 Å². The molecular formula is C9H16N2O3. The first-order valence-corrected chi connectivity index (χ1v) is 4.92. The summed E-state index contributed by atoms with van der Waals surface area (Å²) in [4.78, 5) is 13.5. The summed E-state index contributed by atoms with van der Waals surface area (Å²) >= 11 is 0. The number of likely N-dealkylation sites (tertiary alicyclic amines) is 1. The fourth-order valence-electron chi connectivity index (χ4n) is 1.89. The van der Waals surface area contributed by atoms with Crippen molar-refractivity contribution in [3.63, 3.8) is 0 Å². The normalized spacial score (nSPS) is 33.1. The standard InChI is InChI=1S/C9H16N2O3/c1-14-8-5-11(4-7(8)12)9(13)6-2-10-3-6/h6-8,10,12H,2-5H2,1H3/t7-,8-/m1/s1. The smallest absolute Gasteiger partial charge is 0.228 e. The molecule has 2 aliphatic rings. The molecule has 2 rings (SSSR count). The third-order valence-corrected chi connectivity index (χ3v) is 2.98. The molecule has 2 saturated heterocycles. The van der Waals surface area contributed by atoms with Crippen molar-refractivity contribution in [3.8, 4) is 0 Å². The van der Waals surface area contributed by atoms with Crippen molar-refractivity contribution in [2.75, 3.05) is 33.3 Å². The Hall–Kier alpha value is -0.650. The number of hydrogen-bond acceptors (Lipinski definition) is 4. The van der Waals surface area contributed by atoms with Gasteiger partial charge in [-0.15, -0.1) is 0 Å². The maximum absolute atomic E-state index is 11.8. The van der Waals surface area contributed by atoms with Gasteiger partial charge in [0.1, 0.15) is 6.10 Å². The number of nitrogens with one attached hydrogen (secondary N) is 1. The minimum Gasteiger partial charge on any atom is -0.388 e. The van der Waals surface area contributed by atoms with Gasteiger partial charge in [-0.25, -0.2) is 0 Å². The molecule has 80 valence electrons. The summed E-state index contributed by atoms with van der Waals surface area (Å²) in [6.45, 7) is 2.47. The predicted molar refractivity (Wildman–Crippen MR) is 49.7 cm³/mol. The number of aliphatic hydroxyl groups is 1. The van der Waals surface area contributed by atoms with E-state index in [4.69, 9.17) is 4.74 Å². The molecular weight excluding hydrogens is 184 g/mol. The molecule has 0 spiro atoms. The molecule has 5 heteroatoms. The Morgan fingerprint density at radius 3 is 2.64 bits per heavy atom. The van der Waals surface area contributed by atoms with Gasteiger partial charge in [0, 0.05) is 33.3 Å². The Kier molecular flexibility index (Phi) is 2.71. The van der Waals surface area contributed by atoms with E-state index >= 15 is 0 Å². The number of carbonyl (C=O) groups excluding carboxylic acids is 1. The summed E-state index contributed by atoms with van der Waals surface area (Å²) in [5, 5.41) is 12.6. The lowest BCUT2D eigenvalue weighted by molar-refractivity contribution is -0.136. The highest BCUT2D eigenvalue weighted by atomic mass is 16.5. The van der Waals surface area contributed by atoms with E-state index in [-0.39, 0.29) is 17.9 Å². The second kappa shape index (κ2) is 3.84. The van der Waals surface area contributed by atoms with Crippen LogP contribution in [0.5, 0.6) is 0 Å². The summed E-state index contributed by atoms with van der Waals surface area (Å²) in [6, 6.07) is 0. The molecule has 2 atom stereocenters. The minimum atomic E-state index is -0.531. The van der Waals surface area contributed by atoms with Crippen molar-refractivity contribution >= 4 is 5.91 Å². The molecule has 0 radical (unpaired) electrons. The van der Waals surface area contributed by atoms with Crippen molar-refractivity contribution in [2.24, 2.45) is 5.92 Å². The number of β-amino-alcohol motifs (C(OH)–C–C–N with tert-alkyl or cyclic N) is 1. The van der Waals surface area contributed by atoms with Crippen LogP contribution in [0.4, 0.5) is 0 Å². The Balaban J connectivity index is 1.90. The lowest BCUT2D eigenvalue weighted by atomic mass is 10.0. The van der Waals surface area contributed by atoms with Crippen molar-refractivity contribution < 1.29 is 14.6 Å². The molecule has 0 aromatic carbocycles. The number of nitrogens with zero attached hydrogens (tertiary/aromatic N) is 1. The third kappa shape index (κ3) is 1.63. The lowest BCUT2D eigenvalue weighted by Crippen LogP contribution is -2.51. The van der Waals surface area contributed by atoms with Crippen LogP contribution in [0.15, 0.2) is 0 Å². The highest BCUT2D eigenvalue weighted by Crippen LogP contribution is 2.17. The van der Waals surface area contributed by atoms with Crippen LogP contribution in [0.1, 0.15) is 0 Å². The number of methoxy groups -OCH3 is 1. The van der Waals surface area contributed by atoms with E-state index in [0.717, 1.165) is 13.1 Å². The third-order valence-electron chi connectivity index (χ3n) is 2.98. The van der Waals surface area contributed by atoms with Gasteiger partial charge in [0.15, 0.2) is 0 Å². The van der Waals surface area contributed by atoms with E-state index < -0.39 is 6.10 Å². The molecule has 0 saturated carbocycles. The van der Waals surface area contributed by atoms with E-state index in [1.807, 2.05) is 0 Å². The number of rotatable bonds is 2. The molecule has 2 N–H and O–H groups in total. The van der Waals surface area contributed by atoms with Crippen molar-refractivity contribution in [3.05, 3.63) is 0 Å². The van der Waals surface area contributed by atoms with E-state index in [1.165, 1.54) is 0 Å². The largest absolute Gasteiger partial charge is 0.388 e. The van der Waals surface area contributed by atoms with Crippen molar-refractivity contribution in [2.45, 2.75) is 12.2 Å². The van der Waals surface area contributed by atoms with Gasteiger partial charge in [-0.3, -0.25) is 4.79 Å². The van der Waals surface area contributed by atoms with E-state index in [1.54, 1.807) is 12.0 Å². The molecule has 2 aliphatic heterocycles. The van der Waals surface area contributed by atoms with Gasteiger partial charge in [0.05, 0.1) is 12.0 Å². The molecule has 2 heterocycles. The van der Waals surface area contributed by atoms with Crippen LogP contribution in [0.25, 0.3) is 0 Å². The van der Waals surface area contributed by atoms with E-state index in [0.29, 0.717) is 13.1 Å². The fourth-order valence-corrected chi connectivity index (χ4v) is 1.89. The second-order valence-electron chi connectivity index (χ2n) is 3.94. The number of aliphatic hydroxyl groups excluding tert-OH is 1. The summed E-state index contributed by atoms with van der Waals surface area (Å²) < 4.78 is 5.08. The second-order valence-corrected chi connectivity index (χ2v) is 3.94. The first-order valence-electron chi connectivity index (χ1n) is 4.92. The highest BCUT2D eigenvalue weighted by Gasteiger charge is 2.38. The molecule has 1 amide bonds. The maximum atomic E-state index is 11.8. The van der Waals surface area contributed by atoms with Crippen molar-refractivity contribution in [1.82, 2.24) is 10.2 Å². The number of amides is 1. The van der Waals surface area contributed by atoms with Gasteiger partial charge in [0.25, 0.3) is 0 Å². The fraction of sp³-hybridized carbons (Fsp3) is 0.889. The summed E-state index contributed by atoms with van der Waals surface area (Å²) in [7, 11) is 1.56. The highest BCUT2D eigenvalue weighted by molar-refractivity contribution is 5.80. The number of hydrogen-bond donors (Lipinski definition) is 2. The van der Waals surface area contributed by atoms with Crippen LogP contribution in [-0.2, 0) is 9.53 Å². The zero-order valence-corrected chi connectivity index (χ0v) is 8.27. The van der Waals surface area contributed by atoms with Crippen LogP contribution in [0.2, 0.25) is 0 Å².